The highest BCUT2D eigenvalue weighted by atomic mass is 35.5. The molecule has 0 bridgehead atoms. The van der Waals surface area contributed by atoms with Crippen LogP contribution in [0, 0.1) is 0 Å². The molecule has 1 fully saturated rings. The molecule has 100 valence electrons. The fraction of sp³-hybridized carbons (Fsp3) is 0.571. The number of rotatable bonds is 4. The highest BCUT2D eigenvalue weighted by Crippen LogP contribution is 2.18. The summed E-state index contributed by atoms with van der Waals surface area (Å²) in [6.07, 6.45) is 0.302. The standard InChI is InChI=1S/C14H21ClN2O/c1-16(2)10-13-11-17(7-8-18-13)9-12-5-3-4-6-14(12)15/h3-6,13H,7-11H2,1-2H3/t13-/m0/s1. The van der Waals surface area contributed by atoms with Crippen LogP contribution in [0.25, 0.3) is 0 Å². The molecule has 3 nitrogen and oxygen atoms in total. The maximum absolute atomic E-state index is 6.20. The van der Waals surface area contributed by atoms with Crippen molar-refractivity contribution in [3.63, 3.8) is 0 Å². The van der Waals surface area contributed by atoms with E-state index in [1.165, 1.54) is 5.56 Å². The molecule has 0 amide bonds. The van der Waals surface area contributed by atoms with Gasteiger partial charge in [0, 0.05) is 31.2 Å². The topological polar surface area (TPSA) is 15.7 Å². The molecular formula is C14H21ClN2O. The minimum Gasteiger partial charge on any atom is -0.374 e. The van der Waals surface area contributed by atoms with Crippen molar-refractivity contribution in [2.24, 2.45) is 0 Å². The molecular weight excluding hydrogens is 248 g/mol. The Balaban J connectivity index is 1.91. The van der Waals surface area contributed by atoms with Crippen molar-refractivity contribution in [3.8, 4) is 0 Å². The summed E-state index contributed by atoms with van der Waals surface area (Å²) in [6.45, 7) is 4.65. The Morgan fingerprint density at radius 1 is 1.39 bits per heavy atom. The highest BCUT2D eigenvalue weighted by molar-refractivity contribution is 6.31. The zero-order valence-electron chi connectivity index (χ0n) is 11.1. The molecule has 0 N–H and O–H groups in total. The van der Waals surface area contributed by atoms with Crippen LogP contribution >= 0.6 is 11.6 Å². The van der Waals surface area contributed by atoms with Crippen molar-refractivity contribution in [1.82, 2.24) is 9.80 Å². The third-order valence-electron chi connectivity index (χ3n) is 3.14. The summed E-state index contributed by atoms with van der Waals surface area (Å²) in [6, 6.07) is 8.06. The van der Waals surface area contributed by atoms with Gasteiger partial charge in [0.2, 0.25) is 0 Å². The van der Waals surface area contributed by atoms with Crippen LogP contribution in [-0.4, -0.2) is 56.2 Å². The van der Waals surface area contributed by atoms with Crippen LogP contribution < -0.4 is 0 Å². The van der Waals surface area contributed by atoms with Gasteiger partial charge in [0.1, 0.15) is 0 Å². The maximum Gasteiger partial charge on any atom is 0.0829 e. The lowest BCUT2D eigenvalue weighted by Gasteiger charge is -2.34. The predicted molar refractivity (Wildman–Crippen MR) is 75.0 cm³/mol. The van der Waals surface area contributed by atoms with Gasteiger partial charge in [0.15, 0.2) is 0 Å². The monoisotopic (exact) mass is 268 g/mol. The molecule has 0 saturated carbocycles. The lowest BCUT2D eigenvalue weighted by atomic mass is 10.2. The quantitative estimate of drug-likeness (QED) is 0.832. The molecule has 0 aromatic heterocycles. The van der Waals surface area contributed by atoms with Gasteiger partial charge in [-0.3, -0.25) is 4.90 Å². The number of hydrogen-bond acceptors (Lipinski definition) is 3. The Kier molecular flexibility index (Phi) is 5.01. The largest absolute Gasteiger partial charge is 0.374 e. The van der Waals surface area contributed by atoms with Crippen LogP contribution in [0.1, 0.15) is 5.56 Å². The minimum atomic E-state index is 0.302. The summed E-state index contributed by atoms with van der Waals surface area (Å²) >= 11 is 6.20. The molecule has 1 saturated heterocycles. The first-order valence-electron chi connectivity index (χ1n) is 6.37. The number of morpholine rings is 1. The van der Waals surface area contributed by atoms with Crippen LogP contribution in [0.5, 0.6) is 0 Å². The molecule has 2 rings (SSSR count). The van der Waals surface area contributed by atoms with Gasteiger partial charge in [-0.1, -0.05) is 29.8 Å². The second-order valence-corrected chi connectivity index (χ2v) is 5.49. The molecule has 0 unspecified atom stereocenters. The van der Waals surface area contributed by atoms with Crippen molar-refractivity contribution in [2.75, 3.05) is 40.3 Å². The minimum absolute atomic E-state index is 0.302. The first-order chi connectivity index (χ1) is 8.65. The zero-order valence-corrected chi connectivity index (χ0v) is 11.9. The molecule has 18 heavy (non-hydrogen) atoms. The first-order valence-corrected chi connectivity index (χ1v) is 6.75. The molecule has 0 radical (unpaired) electrons. The van der Waals surface area contributed by atoms with Crippen molar-refractivity contribution in [2.45, 2.75) is 12.6 Å². The number of likely N-dealkylation sites (N-methyl/N-ethyl adjacent to an activating group) is 1. The second kappa shape index (κ2) is 6.53. The molecule has 1 heterocycles. The Hall–Kier alpha value is -0.610. The lowest BCUT2D eigenvalue weighted by Crippen LogP contribution is -2.45. The van der Waals surface area contributed by atoms with E-state index >= 15 is 0 Å². The molecule has 1 aromatic rings. The van der Waals surface area contributed by atoms with Crippen molar-refractivity contribution in [3.05, 3.63) is 34.9 Å². The number of halogens is 1. The van der Waals surface area contributed by atoms with Crippen LogP contribution in [-0.2, 0) is 11.3 Å². The number of nitrogens with zero attached hydrogens (tertiary/aromatic N) is 2. The summed E-state index contributed by atoms with van der Waals surface area (Å²) in [5.41, 5.74) is 1.20. The summed E-state index contributed by atoms with van der Waals surface area (Å²) < 4.78 is 5.77. The molecule has 1 aliphatic heterocycles. The maximum atomic E-state index is 6.20. The van der Waals surface area contributed by atoms with Gasteiger partial charge in [-0.05, 0) is 25.7 Å². The fourth-order valence-electron chi connectivity index (χ4n) is 2.31. The van der Waals surface area contributed by atoms with Crippen LogP contribution in [0.2, 0.25) is 5.02 Å². The van der Waals surface area contributed by atoms with Crippen molar-refractivity contribution in [1.29, 1.82) is 0 Å². The van der Waals surface area contributed by atoms with E-state index in [0.29, 0.717) is 6.10 Å². The summed E-state index contributed by atoms with van der Waals surface area (Å²) in [5, 5.41) is 0.855. The molecule has 1 aliphatic rings. The van der Waals surface area contributed by atoms with Crippen LogP contribution in [0.15, 0.2) is 24.3 Å². The normalized spacial score (nSPS) is 21.4. The van der Waals surface area contributed by atoms with E-state index in [1.807, 2.05) is 18.2 Å². The highest BCUT2D eigenvalue weighted by Gasteiger charge is 2.21. The summed E-state index contributed by atoms with van der Waals surface area (Å²) in [7, 11) is 4.16. The van der Waals surface area contributed by atoms with Gasteiger partial charge in [0.05, 0.1) is 12.7 Å². The van der Waals surface area contributed by atoms with E-state index in [4.69, 9.17) is 16.3 Å². The van der Waals surface area contributed by atoms with Gasteiger partial charge in [0.25, 0.3) is 0 Å². The number of ether oxygens (including phenoxy) is 1. The zero-order chi connectivity index (χ0) is 13.0. The van der Waals surface area contributed by atoms with E-state index in [2.05, 4.69) is 30.0 Å². The predicted octanol–water partition coefficient (Wildman–Crippen LogP) is 2.10. The number of benzene rings is 1. The average molecular weight is 269 g/mol. The molecule has 0 spiro atoms. The molecule has 1 atom stereocenters. The van der Waals surface area contributed by atoms with Gasteiger partial charge in [-0.2, -0.15) is 0 Å². The van der Waals surface area contributed by atoms with Gasteiger partial charge in [-0.25, -0.2) is 0 Å². The second-order valence-electron chi connectivity index (χ2n) is 5.08. The van der Waals surface area contributed by atoms with Gasteiger partial charge in [-0.15, -0.1) is 0 Å². The SMILES string of the molecule is CN(C)C[C@H]1CN(Cc2ccccc2Cl)CCO1. The average Bonchev–Trinajstić information content (AvgIpc) is 2.32. The van der Waals surface area contributed by atoms with Crippen LogP contribution in [0.3, 0.4) is 0 Å². The third kappa shape index (κ3) is 3.95. The van der Waals surface area contributed by atoms with E-state index < -0.39 is 0 Å². The van der Waals surface area contributed by atoms with E-state index in [0.717, 1.165) is 37.8 Å². The molecule has 4 heteroatoms. The Bertz CT molecular complexity index is 384. The smallest absolute Gasteiger partial charge is 0.0829 e. The van der Waals surface area contributed by atoms with E-state index in [-0.39, 0.29) is 0 Å². The molecule has 1 aromatic carbocycles. The first kappa shape index (κ1) is 13.8. The van der Waals surface area contributed by atoms with Gasteiger partial charge >= 0.3 is 0 Å². The Morgan fingerprint density at radius 3 is 2.89 bits per heavy atom. The van der Waals surface area contributed by atoms with E-state index in [1.54, 1.807) is 0 Å². The Morgan fingerprint density at radius 2 is 2.17 bits per heavy atom. The summed E-state index contributed by atoms with van der Waals surface area (Å²) in [5.74, 6) is 0. The van der Waals surface area contributed by atoms with Crippen molar-refractivity contribution < 1.29 is 4.74 Å². The summed E-state index contributed by atoms with van der Waals surface area (Å²) in [4.78, 5) is 4.59. The van der Waals surface area contributed by atoms with Crippen LogP contribution in [0.4, 0.5) is 0 Å². The fourth-order valence-corrected chi connectivity index (χ4v) is 2.50. The third-order valence-corrected chi connectivity index (χ3v) is 3.51. The van der Waals surface area contributed by atoms with Gasteiger partial charge < -0.3 is 9.64 Å². The lowest BCUT2D eigenvalue weighted by molar-refractivity contribution is -0.0406. The Labute approximate surface area is 114 Å². The molecule has 0 aliphatic carbocycles. The van der Waals surface area contributed by atoms with E-state index in [9.17, 15) is 0 Å². The number of hydrogen-bond donors (Lipinski definition) is 0. The van der Waals surface area contributed by atoms with Crippen molar-refractivity contribution >= 4 is 11.6 Å².